The molecule has 1 fully saturated rings. The van der Waals surface area contributed by atoms with Crippen LogP contribution in [0.3, 0.4) is 0 Å². The summed E-state index contributed by atoms with van der Waals surface area (Å²) in [6.45, 7) is 3.68. The Bertz CT molecular complexity index is 1060. The van der Waals surface area contributed by atoms with Gasteiger partial charge in [0.2, 0.25) is 11.4 Å². The van der Waals surface area contributed by atoms with E-state index in [4.69, 9.17) is 0 Å². The third-order valence-corrected chi connectivity index (χ3v) is 8.07. The highest BCUT2D eigenvalue weighted by atomic mass is 19.4. The lowest BCUT2D eigenvalue weighted by Gasteiger charge is -2.35. The van der Waals surface area contributed by atoms with Crippen LogP contribution in [-0.4, -0.2) is 40.8 Å². The average Bonchev–Trinajstić information content (AvgIpc) is 3.06. The number of carbonyl (C=O) groups excluding carboxylic acids is 3. The van der Waals surface area contributed by atoms with Gasteiger partial charge in [-0.25, -0.2) is 0 Å². The Morgan fingerprint density at radius 3 is 2.38 bits per heavy atom. The smallest absolute Gasteiger partial charge is 0.330 e. The number of halogens is 3. The zero-order valence-corrected chi connectivity index (χ0v) is 21.8. The summed E-state index contributed by atoms with van der Waals surface area (Å²) in [4.78, 5) is 41.0. The van der Waals surface area contributed by atoms with Gasteiger partial charge in [0.1, 0.15) is 0 Å². The molecule has 2 aliphatic carbocycles. The molecule has 37 heavy (non-hydrogen) atoms. The molecule has 0 radical (unpaired) electrons. The predicted octanol–water partition coefficient (Wildman–Crippen LogP) is 5.88. The van der Waals surface area contributed by atoms with Crippen LogP contribution in [-0.2, 0) is 20.8 Å². The first-order chi connectivity index (χ1) is 17.4. The molecule has 1 aromatic rings. The van der Waals surface area contributed by atoms with Gasteiger partial charge in [0, 0.05) is 25.1 Å². The minimum atomic E-state index is -5.14. The Morgan fingerprint density at radius 2 is 1.73 bits per heavy atom. The topological polar surface area (TPSA) is 66.5 Å². The van der Waals surface area contributed by atoms with E-state index in [-0.39, 0.29) is 31.5 Å². The quantitative estimate of drug-likeness (QED) is 0.467. The molecule has 0 bridgehead atoms. The molecule has 1 atom stereocenters. The van der Waals surface area contributed by atoms with Crippen molar-refractivity contribution in [3.05, 3.63) is 47.2 Å². The molecule has 202 valence electrons. The van der Waals surface area contributed by atoms with Gasteiger partial charge in [0.05, 0.1) is 5.57 Å². The monoisotopic (exact) mass is 518 g/mol. The first-order valence-corrected chi connectivity index (χ1v) is 13.4. The van der Waals surface area contributed by atoms with Gasteiger partial charge in [-0.3, -0.25) is 14.4 Å². The van der Waals surface area contributed by atoms with Crippen LogP contribution in [0.4, 0.5) is 13.2 Å². The van der Waals surface area contributed by atoms with Gasteiger partial charge in [0.25, 0.3) is 5.91 Å². The lowest BCUT2D eigenvalue weighted by atomic mass is 9.72. The maximum absolute atomic E-state index is 14.9. The van der Waals surface area contributed by atoms with Gasteiger partial charge in [-0.1, -0.05) is 76.3 Å². The van der Waals surface area contributed by atoms with E-state index in [1.807, 2.05) is 44.2 Å². The Balaban J connectivity index is 1.62. The first-order valence-electron chi connectivity index (χ1n) is 13.4. The predicted molar refractivity (Wildman–Crippen MR) is 134 cm³/mol. The van der Waals surface area contributed by atoms with E-state index in [1.165, 1.54) is 0 Å². The second kappa shape index (κ2) is 10.6. The average molecular weight is 519 g/mol. The van der Waals surface area contributed by atoms with Crippen LogP contribution in [0.1, 0.15) is 83.6 Å². The fourth-order valence-electron chi connectivity index (χ4n) is 6.23. The van der Waals surface area contributed by atoms with Gasteiger partial charge in [0.15, 0.2) is 5.78 Å². The maximum atomic E-state index is 14.9. The van der Waals surface area contributed by atoms with E-state index in [9.17, 15) is 27.6 Å². The molecule has 8 heteroatoms. The standard InChI is InChI=1S/C29H37F3N2O3/c1-27(2)18-22-25(23(35)19-27)28(29(30,31)32,33-24(36)16-15-21-12-7-4-8-13-21)26(37)34(22)17-9-14-20-10-5-3-6-11-20/h3,5-6,10-11,21H,4,7-9,12-19H2,1-2H3,(H,33,36)/t28-/m0/s1. The zero-order valence-electron chi connectivity index (χ0n) is 21.8. The second-order valence-electron chi connectivity index (χ2n) is 11.6. The van der Waals surface area contributed by atoms with Crippen molar-refractivity contribution in [1.29, 1.82) is 0 Å². The van der Waals surface area contributed by atoms with E-state index in [0.29, 0.717) is 25.2 Å². The summed E-state index contributed by atoms with van der Waals surface area (Å²) in [5, 5.41) is 2.08. The number of benzene rings is 1. The Kier molecular flexibility index (Phi) is 7.86. The van der Waals surface area contributed by atoms with E-state index < -0.39 is 40.3 Å². The zero-order chi connectivity index (χ0) is 26.8. The van der Waals surface area contributed by atoms with Crippen molar-refractivity contribution in [2.75, 3.05) is 6.54 Å². The second-order valence-corrected chi connectivity index (χ2v) is 11.6. The molecule has 1 aliphatic heterocycles. The van der Waals surface area contributed by atoms with Gasteiger partial charge in [-0.15, -0.1) is 0 Å². The van der Waals surface area contributed by atoms with Crippen molar-refractivity contribution in [1.82, 2.24) is 10.2 Å². The van der Waals surface area contributed by atoms with Crippen molar-refractivity contribution in [3.8, 4) is 0 Å². The summed E-state index contributed by atoms with van der Waals surface area (Å²) in [6, 6.07) is 9.51. The fourth-order valence-corrected chi connectivity index (χ4v) is 6.23. The summed E-state index contributed by atoms with van der Waals surface area (Å²) in [5.41, 5.74) is -3.34. The molecule has 4 rings (SSSR count). The number of rotatable bonds is 8. The van der Waals surface area contributed by atoms with Crippen LogP contribution in [0.25, 0.3) is 0 Å². The third kappa shape index (κ3) is 5.63. The molecular formula is C29H37F3N2O3. The van der Waals surface area contributed by atoms with E-state index in [1.54, 1.807) is 0 Å². The van der Waals surface area contributed by atoms with Crippen molar-refractivity contribution in [2.45, 2.75) is 96.2 Å². The van der Waals surface area contributed by atoms with Gasteiger partial charge < -0.3 is 10.2 Å². The van der Waals surface area contributed by atoms with Gasteiger partial charge in [-0.05, 0) is 42.6 Å². The Morgan fingerprint density at radius 1 is 1.05 bits per heavy atom. The van der Waals surface area contributed by atoms with Gasteiger partial charge in [-0.2, -0.15) is 13.2 Å². The normalized spacial score (nSPS) is 24.4. The largest absolute Gasteiger partial charge is 0.425 e. The Labute approximate surface area is 216 Å². The summed E-state index contributed by atoms with van der Waals surface area (Å²) < 4.78 is 44.6. The van der Waals surface area contributed by atoms with Crippen LogP contribution in [0.2, 0.25) is 0 Å². The van der Waals surface area contributed by atoms with Crippen LogP contribution < -0.4 is 5.32 Å². The molecule has 2 amide bonds. The van der Waals surface area contributed by atoms with Crippen molar-refractivity contribution >= 4 is 17.6 Å². The molecule has 1 saturated carbocycles. The molecule has 5 nitrogen and oxygen atoms in total. The highest BCUT2D eigenvalue weighted by Crippen LogP contribution is 2.51. The SMILES string of the molecule is CC1(C)CC(=O)C2=C(C1)N(CCCc1ccccc1)C(=O)[C@]2(NC(=O)CCC1CCCCC1)C(F)(F)F. The van der Waals surface area contributed by atoms with Crippen molar-refractivity contribution in [2.24, 2.45) is 11.3 Å². The molecule has 3 aliphatic rings. The number of hydrogen-bond donors (Lipinski definition) is 1. The molecule has 0 saturated heterocycles. The summed E-state index contributed by atoms with van der Waals surface area (Å²) in [5.74, 6) is -2.49. The lowest BCUT2D eigenvalue weighted by molar-refractivity contribution is -0.194. The number of ketones is 1. The van der Waals surface area contributed by atoms with Crippen molar-refractivity contribution in [3.63, 3.8) is 0 Å². The minimum Gasteiger partial charge on any atom is -0.330 e. The number of allylic oxidation sites excluding steroid dienone is 1. The number of amides is 2. The number of nitrogens with zero attached hydrogens (tertiary/aromatic N) is 1. The molecule has 0 unspecified atom stereocenters. The summed E-state index contributed by atoms with van der Waals surface area (Å²) in [7, 11) is 0. The number of aryl methyl sites for hydroxylation is 1. The molecule has 0 aromatic heterocycles. The number of hydrogen-bond acceptors (Lipinski definition) is 3. The number of alkyl halides is 3. The first kappa shape index (κ1) is 27.4. The summed E-state index contributed by atoms with van der Waals surface area (Å²) >= 11 is 0. The van der Waals surface area contributed by atoms with Gasteiger partial charge >= 0.3 is 6.18 Å². The lowest BCUT2D eigenvalue weighted by Crippen LogP contribution is -2.66. The highest BCUT2D eigenvalue weighted by molar-refractivity contribution is 6.13. The molecular weight excluding hydrogens is 481 g/mol. The molecule has 1 N–H and O–H groups in total. The fraction of sp³-hybridized carbons (Fsp3) is 0.621. The van der Waals surface area contributed by atoms with E-state index >= 15 is 0 Å². The van der Waals surface area contributed by atoms with E-state index in [2.05, 4.69) is 5.32 Å². The molecule has 0 spiro atoms. The number of nitrogens with one attached hydrogen (secondary N) is 1. The Hall–Kier alpha value is -2.64. The maximum Gasteiger partial charge on any atom is 0.425 e. The van der Waals surface area contributed by atoms with Crippen LogP contribution >= 0.6 is 0 Å². The van der Waals surface area contributed by atoms with Crippen LogP contribution in [0, 0.1) is 11.3 Å². The van der Waals surface area contributed by atoms with Crippen molar-refractivity contribution < 1.29 is 27.6 Å². The minimum absolute atomic E-state index is 0.0473. The van der Waals surface area contributed by atoms with Crippen LogP contribution in [0.15, 0.2) is 41.6 Å². The number of carbonyl (C=O) groups is 3. The molecule has 1 heterocycles. The van der Waals surface area contributed by atoms with Crippen LogP contribution in [0.5, 0.6) is 0 Å². The molecule has 1 aromatic carbocycles. The third-order valence-electron chi connectivity index (χ3n) is 8.07. The van der Waals surface area contributed by atoms with E-state index in [0.717, 1.165) is 42.6 Å². The summed E-state index contributed by atoms with van der Waals surface area (Å²) in [6.07, 6.45) is 1.54. The highest BCUT2D eigenvalue weighted by Gasteiger charge is 2.71. The number of Topliss-reactive ketones (excluding diaryl/α,β-unsaturated/α-hetero) is 1.